The average Bonchev–Trinajstić information content (AvgIpc) is 2.50. The van der Waals surface area contributed by atoms with E-state index in [2.05, 4.69) is 15.6 Å². The third-order valence-electron chi connectivity index (χ3n) is 2.78. The number of nitrogens with one attached hydrogen (secondary N) is 3. The second kappa shape index (κ2) is 7.06. The molecule has 2 aromatic rings. The first kappa shape index (κ1) is 16.7. The van der Waals surface area contributed by atoms with Gasteiger partial charge in [-0.1, -0.05) is 35.9 Å². The molecule has 0 unspecified atom stereocenters. The van der Waals surface area contributed by atoms with Gasteiger partial charge in [0.1, 0.15) is 0 Å². The maximum atomic E-state index is 12.0. The largest absolute Gasteiger partial charge is 0.332 e. The van der Waals surface area contributed by atoms with Gasteiger partial charge in [0, 0.05) is 10.7 Å². The molecule has 116 valence electrons. The Hall–Kier alpha value is -1.67. The van der Waals surface area contributed by atoms with Gasteiger partial charge in [-0.25, -0.2) is 8.42 Å². The van der Waals surface area contributed by atoms with Crippen molar-refractivity contribution in [1.82, 2.24) is 10.3 Å². The summed E-state index contributed by atoms with van der Waals surface area (Å²) in [6, 6.07) is 13.3. The molecule has 0 aliphatic rings. The lowest BCUT2D eigenvalue weighted by molar-refractivity contribution is 0.578. The summed E-state index contributed by atoms with van der Waals surface area (Å²) in [4.78, 5) is 2.35. The van der Waals surface area contributed by atoms with Gasteiger partial charge in [0.25, 0.3) is 10.0 Å². The highest BCUT2D eigenvalue weighted by atomic mass is 35.5. The van der Waals surface area contributed by atoms with Crippen LogP contribution in [0.2, 0.25) is 5.02 Å². The number of rotatable bonds is 4. The number of hydrazine groups is 1. The minimum absolute atomic E-state index is 0.111. The summed E-state index contributed by atoms with van der Waals surface area (Å²) >= 11 is 11.0. The van der Waals surface area contributed by atoms with Crippen LogP contribution in [0.15, 0.2) is 53.4 Å². The van der Waals surface area contributed by atoms with Gasteiger partial charge < -0.3 is 5.32 Å². The highest BCUT2D eigenvalue weighted by Crippen LogP contribution is 2.19. The molecule has 0 aliphatic carbocycles. The molecule has 22 heavy (non-hydrogen) atoms. The highest BCUT2D eigenvalue weighted by molar-refractivity contribution is 7.89. The lowest BCUT2D eigenvalue weighted by atomic mass is 10.2. The molecule has 0 saturated carbocycles. The number of hydrogen-bond donors (Lipinski definition) is 3. The van der Waals surface area contributed by atoms with Gasteiger partial charge in [0.15, 0.2) is 5.11 Å². The zero-order valence-electron chi connectivity index (χ0n) is 11.6. The van der Waals surface area contributed by atoms with E-state index in [1.807, 2.05) is 13.0 Å². The number of thiocarbonyl (C=S) groups is 1. The van der Waals surface area contributed by atoms with Crippen LogP contribution in [0.3, 0.4) is 0 Å². The summed E-state index contributed by atoms with van der Waals surface area (Å²) < 4.78 is 24.0. The molecule has 0 atom stereocenters. The summed E-state index contributed by atoms with van der Waals surface area (Å²) in [5.74, 6) is 0. The molecule has 2 aromatic carbocycles. The fourth-order valence-corrected chi connectivity index (χ4v) is 2.89. The lowest BCUT2D eigenvalue weighted by Gasteiger charge is -2.12. The molecule has 0 fully saturated rings. The van der Waals surface area contributed by atoms with Crippen LogP contribution in [0.1, 0.15) is 5.56 Å². The van der Waals surface area contributed by atoms with Gasteiger partial charge in [-0.15, -0.1) is 4.83 Å². The molecule has 0 heterocycles. The minimum atomic E-state index is -3.68. The number of sulfonamides is 1. The molecular weight excluding hydrogens is 342 g/mol. The Bertz CT molecular complexity index is 780. The smallest absolute Gasteiger partial charge is 0.257 e. The molecule has 0 saturated heterocycles. The molecular formula is C14H14ClN3O2S2. The van der Waals surface area contributed by atoms with E-state index < -0.39 is 10.0 Å². The number of aryl methyl sites for hydroxylation is 1. The second-order valence-electron chi connectivity index (χ2n) is 4.46. The van der Waals surface area contributed by atoms with Crippen LogP contribution in [0.25, 0.3) is 0 Å². The zero-order valence-corrected chi connectivity index (χ0v) is 14.0. The minimum Gasteiger partial charge on any atom is -0.332 e. The van der Waals surface area contributed by atoms with Crippen molar-refractivity contribution in [3.05, 3.63) is 59.1 Å². The average molecular weight is 356 g/mol. The number of benzene rings is 2. The summed E-state index contributed by atoms with van der Waals surface area (Å²) in [6.45, 7) is 1.89. The van der Waals surface area contributed by atoms with Crippen LogP contribution in [0.5, 0.6) is 0 Å². The molecule has 0 radical (unpaired) electrons. The number of halogens is 1. The normalized spacial score (nSPS) is 11.0. The van der Waals surface area contributed by atoms with Gasteiger partial charge in [0.2, 0.25) is 0 Å². The molecule has 5 nitrogen and oxygen atoms in total. The maximum absolute atomic E-state index is 12.0. The Balaban J connectivity index is 1.97. The van der Waals surface area contributed by atoms with Crippen LogP contribution in [-0.2, 0) is 10.0 Å². The first-order valence-electron chi connectivity index (χ1n) is 6.28. The van der Waals surface area contributed by atoms with Crippen LogP contribution in [0, 0.1) is 6.92 Å². The van der Waals surface area contributed by atoms with E-state index in [0.29, 0.717) is 10.7 Å². The molecule has 3 N–H and O–H groups in total. The van der Waals surface area contributed by atoms with Crippen molar-refractivity contribution in [3.8, 4) is 0 Å². The van der Waals surface area contributed by atoms with E-state index in [-0.39, 0.29) is 10.0 Å². The van der Waals surface area contributed by atoms with Crippen molar-refractivity contribution < 1.29 is 8.42 Å². The molecule has 0 aliphatic heterocycles. The van der Waals surface area contributed by atoms with E-state index >= 15 is 0 Å². The Morgan fingerprint density at radius 2 is 1.82 bits per heavy atom. The van der Waals surface area contributed by atoms with Crippen molar-refractivity contribution in [2.45, 2.75) is 11.8 Å². The van der Waals surface area contributed by atoms with Gasteiger partial charge in [0.05, 0.1) is 4.90 Å². The zero-order chi connectivity index (χ0) is 16.2. The monoisotopic (exact) mass is 355 g/mol. The molecule has 0 aromatic heterocycles. The molecule has 0 spiro atoms. The summed E-state index contributed by atoms with van der Waals surface area (Å²) in [5.41, 5.74) is 4.04. The van der Waals surface area contributed by atoms with Crippen molar-refractivity contribution in [3.63, 3.8) is 0 Å². The topological polar surface area (TPSA) is 70.2 Å². The van der Waals surface area contributed by atoms with Gasteiger partial charge in [-0.3, -0.25) is 5.43 Å². The first-order chi connectivity index (χ1) is 10.4. The van der Waals surface area contributed by atoms with Crippen molar-refractivity contribution >= 4 is 44.6 Å². The third-order valence-corrected chi connectivity index (χ3v) is 4.66. The number of hydrogen-bond acceptors (Lipinski definition) is 3. The maximum Gasteiger partial charge on any atom is 0.257 e. The fourth-order valence-electron chi connectivity index (χ4n) is 1.61. The van der Waals surface area contributed by atoms with Gasteiger partial charge >= 0.3 is 0 Å². The third kappa shape index (κ3) is 4.41. The van der Waals surface area contributed by atoms with Gasteiger partial charge in [-0.2, -0.15) is 0 Å². The summed E-state index contributed by atoms with van der Waals surface area (Å²) in [6.07, 6.45) is 0. The van der Waals surface area contributed by atoms with Crippen molar-refractivity contribution in [1.29, 1.82) is 0 Å². The Morgan fingerprint density at radius 1 is 1.14 bits per heavy atom. The first-order valence-corrected chi connectivity index (χ1v) is 8.55. The molecule has 0 amide bonds. The molecule has 0 bridgehead atoms. The number of anilines is 1. The van der Waals surface area contributed by atoms with Crippen LogP contribution in [0.4, 0.5) is 5.69 Å². The van der Waals surface area contributed by atoms with E-state index in [1.165, 1.54) is 12.1 Å². The van der Waals surface area contributed by atoms with Crippen LogP contribution >= 0.6 is 23.8 Å². The van der Waals surface area contributed by atoms with Gasteiger partial charge in [-0.05, 0) is 49.0 Å². The highest BCUT2D eigenvalue weighted by Gasteiger charge is 2.13. The van der Waals surface area contributed by atoms with E-state index in [0.717, 1.165) is 5.56 Å². The van der Waals surface area contributed by atoms with E-state index in [9.17, 15) is 8.42 Å². The molecule has 8 heteroatoms. The van der Waals surface area contributed by atoms with E-state index in [4.69, 9.17) is 23.8 Å². The standard InChI is InChI=1S/C14H14ClN3O2S2/c1-10-7-8-11(9-13(10)15)16-14(21)17-18-22(19,20)12-5-3-2-4-6-12/h2-9,18H,1H3,(H2,16,17,21). The predicted molar refractivity (Wildman–Crippen MR) is 92.3 cm³/mol. The molecule has 2 rings (SSSR count). The van der Waals surface area contributed by atoms with Crippen molar-refractivity contribution in [2.75, 3.05) is 5.32 Å². The SMILES string of the molecule is Cc1ccc(NC(=S)NNS(=O)(=O)c2ccccc2)cc1Cl. The summed E-state index contributed by atoms with van der Waals surface area (Å²) in [5, 5.41) is 3.55. The quantitative estimate of drug-likeness (QED) is 0.581. The van der Waals surface area contributed by atoms with E-state index in [1.54, 1.807) is 30.3 Å². The Morgan fingerprint density at radius 3 is 2.45 bits per heavy atom. The Kier molecular flexibility index (Phi) is 5.36. The lowest BCUT2D eigenvalue weighted by Crippen LogP contribution is -2.43. The Labute approximate surface area is 139 Å². The van der Waals surface area contributed by atoms with Crippen molar-refractivity contribution in [2.24, 2.45) is 0 Å². The van der Waals surface area contributed by atoms with Crippen LogP contribution < -0.4 is 15.6 Å². The fraction of sp³-hybridized carbons (Fsp3) is 0.0714. The second-order valence-corrected chi connectivity index (χ2v) is 6.96. The predicted octanol–water partition coefficient (Wildman–Crippen LogP) is 2.83. The van der Waals surface area contributed by atoms with Crippen LogP contribution in [-0.4, -0.2) is 13.5 Å². The summed E-state index contributed by atoms with van der Waals surface area (Å²) in [7, 11) is -3.68.